The fourth-order valence-electron chi connectivity index (χ4n) is 4.00. The monoisotopic (exact) mass is 473 g/mol. The zero-order valence-corrected chi connectivity index (χ0v) is 20.4. The Morgan fingerprint density at radius 2 is 1.34 bits per heavy atom. The summed E-state index contributed by atoms with van der Waals surface area (Å²) >= 11 is 0. The summed E-state index contributed by atoms with van der Waals surface area (Å²) in [5.41, 5.74) is 3.04. The van der Waals surface area contributed by atoms with Crippen molar-refractivity contribution in [3.63, 3.8) is 0 Å². The minimum Gasteiger partial charge on any atom is -0.497 e. The Morgan fingerprint density at radius 1 is 0.771 bits per heavy atom. The standard InChI is InChI=1S/C28H31N3O4/c1-20(2)35-26-14-4-21(5-15-26)27(32)29-23-8-10-24(11-9-23)30-16-18-31(19-17-30)28(33)22-6-12-25(34-3)13-7-22/h4-15,20H,16-19H2,1-3H3,(H,29,32). The second kappa shape index (κ2) is 11.0. The summed E-state index contributed by atoms with van der Waals surface area (Å²) < 4.78 is 10.8. The zero-order valence-electron chi connectivity index (χ0n) is 20.4. The smallest absolute Gasteiger partial charge is 0.255 e. The molecule has 7 nitrogen and oxygen atoms in total. The largest absolute Gasteiger partial charge is 0.497 e. The number of piperazine rings is 1. The Labute approximate surface area is 206 Å². The molecule has 4 rings (SSSR count). The van der Waals surface area contributed by atoms with Crippen LogP contribution in [-0.2, 0) is 0 Å². The first kappa shape index (κ1) is 24.1. The molecule has 1 heterocycles. The molecule has 7 heteroatoms. The number of hydrogen-bond donors (Lipinski definition) is 1. The van der Waals surface area contributed by atoms with Crippen molar-refractivity contribution in [3.8, 4) is 11.5 Å². The normalized spacial score (nSPS) is 13.5. The predicted octanol–water partition coefficient (Wildman–Crippen LogP) is 4.70. The molecule has 1 aliphatic heterocycles. The molecule has 35 heavy (non-hydrogen) atoms. The molecule has 0 atom stereocenters. The van der Waals surface area contributed by atoms with Crippen LogP contribution in [0.5, 0.6) is 11.5 Å². The van der Waals surface area contributed by atoms with Crippen LogP contribution in [0.4, 0.5) is 11.4 Å². The third kappa shape index (κ3) is 6.12. The average Bonchev–Trinajstić information content (AvgIpc) is 2.89. The highest BCUT2D eigenvalue weighted by Gasteiger charge is 2.22. The van der Waals surface area contributed by atoms with E-state index >= 15 is 0 Å². The maximum Gasteiger partial charge on any atom is 0.255 e. The number of ether oxygens (including phenoxy) is 2. The molecule has 1 saturated heterocycles. The number of methoxy groups -OCH3 is 1. The third-order valence-corrected chi connectivity index (χ3v) is 5.88. The molecule has 3 aromatic carbocycles. The highest BCUT2D eigenvalue weighted by molar-refractivity contribution is 6.04. The van der Waals surface area contributed by atoms with E-state index < -0.39 is 0 Å². The minimum absolute atomic E-state index is 0.0363. The number of nitrogens with zero attached hydrogens (tertiary/aromatic N) is 2. The summed E-state index contributed by atoms with van der Waals surface area (Å²) in [6.45, 7) is 6.73. The lowest BCUT2D eigenvalue weighted by Crippen LogP contribution is -2.48. The number of rotatable bonds is 7. The molecule has 0 saturated carbocycles. The molecule has 3 aromatic rings. The van der Waals surface area contributed by atoms with Gasteiger partial charge in [0.1, 0.15) is 11.5 Å². The highest BCUT2D eigenvalue weighted by atomic mass is 16.5. The van der Waals surface area contributed by atoms with Gasteiger partial charge >= 0.3 is 0 Å². The van der Waals surface area contributed by atoms with Crippen LogP contribution in [-0.4, -0.2) is 56.1 Å². The van der Waals surface area contributed by atoms with Crippen molar-refractivity contribution in [2.24, 2.45) is 0 Å². The quantitative estimate of drug-likeness (QED) is 0.539. The van der Waals surface area contributed by atoms with Gasteiger partial charge in [0, 0.05) is 48.7 Å². The van der Waals surface area contributed by atoms with E-state index in [1.807, 2.05) is 43.0 Å². The fourth-order valence-corrected chi connectivity index (χ4v) is 4.00. The van der Waals surface area contributed by atoms with Crippen LogP contribution in [0.3, 0.4) is 0 Å². The predicted molar refractivity (Wildman–Crippen MR) is 138 cm³/mol. The molecule has 0 bridgehead atoms. The van der Waals surface area contributed by atoms with Crippen LogP contribution in [0.1, 0.15) is 34.6 Å². The van der Waals surface area contributed by atoms with Crippen LogP contribution in [0.15, 0.2) is 72.8 Å². The zero-order chi connectivity index (χ0) is 24.8. The van der Waals surface area contributed by atoms with Gasteiger partial charge in [-0.3, -0.25) is 9.59 Å². The number of hydrogen-bond acceptors (Lipinski definition) is 5. The Hall–Kier alpha value is -4.00. The highest BCUT2D eigenvalue weighted by Crippen LogP contribution is 2.22. The van der Waals surface area contributed by atoms with Crippen molar-refractivity contribution in [1.82, 2.24) is 4.90 Å². The van der Waals surface area contributed by atoms with E-state index in [2.05, 4.69) is 10.2 Å². The van der Waals surface area contributed by atoms with E-state index in [-0.39, 0.29) is 17.9 Å². The van der Waals surface area contributed by atoms with Crippen LogP contribution in [0.25, 0.3) is 0 Å². The fraction of sp³-hybridized carbons (Fsp3) is 0.286. The van der Waals surface area contributed by atoms with Gasteiger partial charge in [0.25, 0.3) is 11.8 Å². The van der Waals surface area contributed by atoms with Crippen molar-refractivity contribution < 1.29 is 19.1 Å². The second-order valence-corrected chi connectivity index (χ2v) is 8.70. The number of benzene rings is 3. The molecular formula is C28H31N3O4. The van der Waals surface area contributed by atoms with Gasteiger partial charge in [-0.05, 0) is 86.6 Å². The van der Waals surface area contributed by atoms with Gasteiger partial charge in [-0.1, -0.05) is 0 Å². The number of anilines is 2. The second-order valence-electron chi connectivity index (χ2n) is 8.70. The van der Waals surface area contributed by atoms with Crippen molar-refractivity contribution in [3.05, 3.63) is 83.9 Å². The molecule has 182 valence electrons. The van der Waals surface area contributed by atoms with Crippen LogP contribution in [0.2, 0.25) is 0 Å². The van der Waals surface area contributed by atoms with Gasteiger partial charge in [-0.25, -0.2) is 0 Å². The summed E-state index contributed by atoms with van der Waals surface area (Å²) in [6, 6.07) is 22.1. The average molecular weight is 474 g/mol. The SMILES string of the molecule is COc1ccc(C(=O)N2CCN(c3ccc(NC(=O)c4ccc(OC(C)C)cc4)cc3)CC2)cc1. The molecule has 2 amide bonds. The van der Waals surface area contributed by atoms with Gasteiger partial charge in [-0.2, -0.15) is 0 Å². The Balaban J connectivity index is 1.29. The molecule has 0 aliphatic carbocycles. The van der Waals surface area contributed by atoms with E-state index in [9.17, 15) is 9.59 Å². The lowest BCUT2D eigenvalue weighted by atomic mass is 10.1. The molecule has 0 radical (unpaired) electrons. The maximum atomic E-state index is 12.8. The summed E-state index contributed by atoms with van der Waals surface area (Å²) in [5.74, 6) is 1.35. The van der Waals surface area contributed by atoms with Crippen LogP contribution >= 0.6 is 0 Å². The van der Waals surface area contributed by atoms with Crippen molar-refractivity contribution in [2.45, 2.75) is 20.0 Å². The van der Waals surface area contributed by atoms with E-state index in [4.69, 9.17) is 9.47 Å². The van der Waals surface area contributed by atoms with E-state index in [1.165, 1.54) is 0 Å². The number of carbonyl (C=O) groups is 2. The van der Waals surface area contributed by atoms with Gasteiger partial charge in [0.05, 0.1) is 13.2 Å². The molecule has 1 N–H and O–H groups in total. The molecule has 0 spiro atoms. The molecule has 1 fully saturated rings. The number of amides is 2. The first-order valence-electron chi connectivity index (χ1n) is 11.8. The third-order valence-electron chi connectivity index (χ3n) is 5.88. The summed E-state index contributed by atoms with van der Waals surface area (Å²) in [4.78, 5) is 29.5. The minimum atomic E-state index is -0.167. The lowest BCUT2D eigenvalue weighted by Gasteiger charge is -2.36. The first-order valence-corrected chi connectivity index (χ1v) is 11.8. The van der Waals surface area contributed by atoms with Crippen molar-refractivity contribution >= 4 is 23.2 Å². The number of nitrogens with one attached hydrogen (secondary N) is 1. The Morgan fingerprint density at radius 3 is 1.91 bits per heavy atom. The summed E-state index contributed by atoms with van der Waals surface area (Å²) in [5, 5.41) is 2.94. The van der Waals surface area contributed by atoms with E-state index in [0.717, 1.165) is 36.0 Å². The lowest BCUT2D eigenvalue weighted by molar-refractivity contribution is 0.0746. The summed E-state index contributed by atoms with van der Waals surface area (Å²) in [7, 11) is 1.61. The molecule has 1 aliphatic rings. The Kier molecular flexibility index (Phi) is 7.55. The van der Waals surface area contributed by atoms with Crippen molar-refractivity contribution in [2.75, 3.05) is 43.5 Å². The van der Waals surface area contributed by atoms with E-state index in [1.54, 1.807) is 55.6 Å². The maximum absolute atomic E-state index is 12.8. The van der Waals surface area contributed by atoms with Crippen molar-refractivity contribution in [1.29, 1.82) is 0 Å². The van der Waals surface area contributed by atoms with Gasteiger partial charge in [0.2, 0.25) is 0 Å². The molecule has 0 unspecified atom stereocenters. The van der Waals surface area contributed by atoms with Gasteiger partial charge < -0.3 is 24.6 Å². The first-order chi connectivity index (χ1) is 16.9. The van der Waals surface area contributed by atoms with Crippen LogP contribution in [0, 0.1) is 0 Å². The van der Waals surface area contributed by atoms with E-state index in [0.29, 0.717) is 24.2 Å². The summed E-state index contributed by atoms with van der Waals surface area (Å²) in [6.07, 6.45) is 0.0881. The van der Waals surface area contributed by atoms with Gasteiger partial charge in [-0.15, -0.1) is 0 Å². The number of carbonyl (C=O) groups excluding carboxylic acids is 2. The molecular weight excluding hydrogens is 442 g/mol. The topological polar surface area (TPSA) is 71.1 Å². The van der Waals surface area contributed by atoms with Gasteiger partial charge in [0.15, 0.2) is 0 Å². The Bertz CT molecular complexity index is 1130. The van der Waals surface area contributed by atoms with Crippen LogP contribution < -0.4 is 19.7 Å². The molecule has 0 aromatic heterocycles.